The fraction of sp³-hybridized carbons (Fsp3) is 0.267. The Bertz CT molecular complexity index is 830. The molecule has 1 amide bonds. The lowest BCUT2D eigenvalue weighted by atomic mass is 10.1. The SMILES string of the molecule is COCc1[nH]nc(NC(=O)CCn2cnnn2)c1-c1ccc(Cl)cc1. The first-order valence-corrected chi connectivity index (χ1v) is 7.88. The number of hydrogen-bond acceptors (Lipinski definition) is 6. The van der Waals surface area contributed by atoms with Gasteiger partial charge in [-0.3, -0.25) is 9.89 Å². The van der Waals surface area contributed by atoms with Crippen molar-refractivity contribution in [2.24, 2.45) is 0 Å². The number of amides is 1. The molecule has 0 atom stereocenters. The number of carbonyl (C=O) groups is 1. The van der Waals surface area contributed by atoms with Gasteiger partial charge in [-0.2, -0.15) is 5.10 Å². The molecule has 10 heteroatoms. The van der Waals surface area contributed by atoms with Gasteiger partial charge in [-0.25, -0.2) is 4.68 Å². The van der Waals surface area contributed by atoms with Gasteiger partial charge in [0, 0.05) is 24.1 Å². The molecule has 0 fully saturated rings. The molecular weight excluding hydrogens is 346 g/mol. The number of benzene rings is 1. The van der Waals surface area contributed by atoms with Crippen LogP contribution in [0.2, 0.25) is 5.02 Å². The number of H-pyrrole nitrogens is 1. The Hall–Kier alpha value is -2.78. The molecule has 2 aromatic heterocycles. The van der Waals surface area contributed by atoms with Crippen LogP contribution in [0.1, 0.15) is 12.1 Å². The molecular formula is C15H16ClN7O2. The predicted octanol–water partition coefficient (Wildman–Crippen LogP) is 1.89. The summed E-state index contributed by atoms with van der Waals surface area (Å²) >= 11 is 5.95. The number of nitrogens with zero attached hydrogens (tertiary/aromatic N) is 5. The van der Waals surface area contributed by atoms with Crippen LogP contribution < -0.4 is 5.32 Å². The van der Waals surface area contributed by atoms with E-state index in [1.807, 2.05) is 12.1 Å². The lowest BCUT2D eigenvalue weighted by Gasteiger charge is -2.08. The number of anilines is 1. The highest BCUT2D eigenvalue weighted by Crippen LogP contribution is 2.31. The number of aromatic amines is 1. The second kappa shape index (κ2) is 7.86. The standard InChI is InChI=1S/C15H16ClN7O2/c1-25-8-12-14(10-2-4-11(16)5-3-10)15(20-19-12)18-13(24)6-7-23-9-17-21-22-23/h2-5,9H,6-8H2,1H3,(H2,18,19,20,24). The molecule has 0 spiro atoms. The Labute approximate surface area is 148 Å². The Morgan fingerprint density at radius 1 is 1.36 bits per heavy atom. The van der Waals surface area contributed by atoms with Gasteiger partial charge in [-0.15, -0.1) is 5.10 Å². The van der Waals surface area contributed by atoms with Gasteiger partial charge in [-0.1, -0.05) is 23.7 Å². The normalized spacial score (nSPS) is 10.8. The Balaban J connectivity index is 1.78. The van der Waals surface area contributed by atoms with E-state index in [0.29, 0.717) is 24.0 Å². The maximum atomic E-state index is 12.2. The number of rotatable bonds is 7. The molecule has 0 saturated heterocycles. The quantitative estimate of drug-likeness (QED) is 0.664. The minimum Gasteiger partial charge on any atom is -0.378 e. The van der Waals surface area contributed by atoms with Crippen LogP contribution in [0.5, 0.6) is 0 Å². The Morgan fingerprint density at radius 3 is 2.84 bits per heavy atom. The molecule has 0 aliphatic heterocycles. The number of nitrogens with one attached hydrogen (secondary N) is 2. The van der Waals surface area contributed by atoms with Gasteiger partial charge in [0.1, 0.15) is 6.33 Å². The summed E-state index contributed by atoms with van der Waals surface area (Å²) in [5, 5.41) is 21.3. The topological polar surface area (TPSA) is 111 Å². The van der Waals surface area contributed by atoms with E-state index in [4.69, 9.17) is 16.3 Å². The fourth-order valence-corrected chi connectivity index (χ4v) is 2.46. The lowest BCUT2D eigenvalue weighted by Crippen LogP contribution is -2.15. The first-order chi connectivity index (χ1) is 12.2. The highest BCUT2D eigenvalue weighted by molar-refractivity contribution is 6.30. The van der Waals surface area contributed by atoms with Gasteiger partial charge in [0.05, 0.1) is 18.8 Å². The van der Waals surface area contributed by atoms with Gasteiger partial charge in [0.25, 0.3) is 0 Å². The van der Waals surface area contributed by atoms with Gasteiger partial charge >= 0.3 is 0 Å². The van der Waals surface area contributed by atoms with Crippen molar-refractivity contribution in [3.05, 3.63) is 41.3 Å². The monoisotopic (exact) mass is 361 g/mol. The zero-order chi connectivity index (χ0) is 17.6. The van der Waals surface area contributed by atoms with Crippen molar-refractivity contribution in [1.82, 2.24) is 30.4 Å². The van der Waals surface area contributed by atoms with E-state index in [0.717, 1.165) is 16.8 Å². The predicted molar refractivity (Wildman–Crippen MR) is 90.8 cm³/mol. The van der Waals surface area contributed by atoms with E-state index in [1.54, 1.807) is 19.2 Å². The average Bonchev–Trinajstić information content (AvgIpc) is 3.25. The van der Waals surface area contributed by atoms with Crippen molar-refractivity contribution >= 4 is 23.3 Å². The summed E-state index contributed by atoms with van der Waals surface area (Å²) in [6.07, 6.45) is 1.68. The van der Waals surface area contributed by atoms with Crippen molar-refractivity contribution in [3.8, 4) is 11.1 Å². The lowest BCUT2D eigenvalue weighted by molar-refractivity contribution is -0.116. The summed E-state index contributed by atoms with van der Waals surface area (Å²) in [7, 11) is 1.59. The fourth-order valence-electron chi connectivity index (χ4n) is 2.34. The third kappa shape index (κ3) is 4.20. The van der Waals surface area contributed by atoms with Crippen molar-refractivity contribution in [1.29, 1.82) is 0 Å². The van der Waals surface area contributed by atoms with E-state index in [2.05, 4.69) is 31.0 Å². The molecule has 0 bridgehead atoms. The molecule has 1 aromatic carbocycles. The number of ether oxygens (including phenoxy) is 1. The summed E-state index contributed by atoms with van der Waals surface area (Å²) < 4.78 is 6.68. The molecule has 0 radical (unpaired) electrons. The molecule has 2 heterocycles. The first-order valence-electron chi connectivity index (χ1n) is 7.50. The highest BCUT2D eigenvalue weighted by Gasteiger charge is 2.17. The van der Waals surface area contributed by atoms with Crippen LogP contribution in [0.3, 0.4) is 0 Å². The van der Waals surface area contributed by atoms with E-state index in [1.165, 1.54) is 11.0 Å². The van der Waals surface area contributed by atoms with Crippen LogP contribution >= 0.6 is 11.6 Å². The average molecular weight is 362 g/mol. The molecule has 0 aliphatic carbocycles. The van der Waals surface area contributed by atoms with Crippen molar-refractivity contribution < 1.29 is 9.53 Å². The maximum absolute atomic E-state index is 12.2. The molecule has 3 rings (SSSR count). The third-order valence-electron chi connectivity index (χ3n) is 3.48. The third-order valence-corrected chi connectivity index (χ3v) is 3.73. The smallest absolute Gasteiger partial charge is 0.227 e. The number of halogens is 1. The number of methoxy groups -OCH3 is 1. The summed E-state index contributed by atoms with van der Waals surface area (Å²) in [5.41, 5.74) is 2.41. The van der Waals surface area contributed by atoms with Crippen molar-refractivity contribution in [2.75, 3.05) is 12.4 Å². The highest BCUT2D eigenvalue weighted by atomic mass is 35.5. The number of aromatic nitrogens is 6. The van der Waals surface area contributed by atoms with Crippen LogP contribution in [-0.2, 0) is 22.7 Å². The van der Waals surface area contributed by atoms with Crippen molar-refractivity contribution in [2.45, 2.75) is 19.6 Å². The molecule has 2 N–H and O–H groups in total. The molecule has 9 nitrogen and oxygen atoms in total. The van der Waals surface area contributed by atoms with Crippen LogP contribution in [0.15, 0.2) is 30.6 Å². The second-order valence-corrected chi connectivity index (χ2v) is 5.67. The zero-order valence-electron chi connectivity index (χ0n) is 13.4. The van der Waals surface area contributed by atoms with Gasteiger partial charge in [0.2, 0.25) is 5.91 Å². The summed E-state index contributed by atoms with van der Waals surface area (Å²) in [4.78, 5) is 12.2. The van der Waals surface area contributed by atoms with Crippen LogP contribution in [0.4, 0.5) is 5.82 Å². The largest absolute Gasteiger partial charge is 0.378 e. The Morgan fingerprint density at radius 2 is 2.16 bits per heavy atom. The maximum Gasteiger partial charge on any atom is 0.227 e. The molecule has 25 heavy (non-hydrogen) atoms. The van der Waals surface area contributed by atoms with Crippen molar-refractivity contribution in [3.63, 3.8) is 0 Å². The summed E-state index contributed by atoms with van der Waals surface area (Å²) in [6, 6.07) is 7.29. The molecule has 3 aromatic rings. The number of tetrazole rings is 1. The number of carbonyl (C=O) groups excluding carboxylic acids is 1. The summed E-state index contributed by atoms with van der Waals surface area (Å²) in [6.45, 7) is 0.718. The molecule has 0 saturated carbocycles. The van der Waals surface area contributed by atoms with E-state index in [9.17, 15) is 4.79 Å². The minimum absolute atomic E-state index is 0.193. The second-order valence-electron chi connectivity index (χ2n) is 5.24. The zero-order valence-corrected chi connectivity index (χ0v) is 14.2. The minimum atomic E-state index is -0.193. The number of hydrogen-bond donors (Lipinski definition) is 2. The van der Waals surface area contributed by atoms with Gasteiger partial charge < -0.3 is 10.1 Å². The molecule has 0 unspecified atom stereocenters. The Kier molecular flexibility index (Phi) is 5.36. The van der Waals surface area contributed by atoms with Crippen LogP contribution in [0, 0.1) is 0 Å². The van der Waals surface area contributed by atoms with Gasteiger partial charge in [0.15, 0.2) is 5.82 Å². The summed E-state index contributed by atoms with van der Waals surface area (Å²) in [5.74, 6) is 0.247. The van der Waals surface area contributed by atoms with Crippen LogP contribution in [-0.4, -0.2) is 43.4 Å². The molecule has 0 aliphatic rings. The van der Waals surface area contributed by atoms with E-state index >= 15 is 0 Å². The first kappa shape index (κ1) is 17.1. The molecule has 130 valence electrons. The van der Waals surface area contributed by atoms with E-state index < -0.39 is 0 Å². The van der Waals surface area contributed by atoms with Gasteiger partial charge in [-0.05, 0) is 28.1 Å². The number of aryl methyl sites for hydroxylation is 1. The van der Waals surface area contributed by atoms with Crippen LogP contribution in [0.25, 0.3) is 11.1 Å². The van der Waals surface area contributed by atoms with E-state index in [-0.39, 0.29) is 12.3 Å².